The van der Waals surface area contributed by atoms with Crippen molar-refractivity contribution in [2.75, 3.05) is 51.4 Å². The predicted octanol–water partition coefficient (Wildman–Crippen LogP) is 3.12. The second kappa shape index (κ2) is 12.2. The average molecular weight is 431 g/mol. The summed E-state index contributed by atoms with van der Waals surface area (Å²) in [6, 6.07) is 14.7. The molecule has 2 aromatic rings. The van der Waals surface area contributed by atoms with Gasteiger partial charge in [-0.25, -0.2) is 0 Å². The molecule has 1 aliphatic rings. The van der Waals surface area contributed by atoms with E-state index in [0.717, 1.165) is 49.7 Å². The van der Waals surface area contributed by atoms with Gasteiger partial charge in [0, 0.05) is 37.7 Å². The van der Waals surface area contributed by atoms with Crippen LogP contribution in [0.5, 0.6) is 11.5 Å². The number of rotatable bonds is 11. The van der Waals surface area contributed by atoms with Gasteiger partial charge in [0.2, 0.25) is 0 Å². The number of β-amino-alcohol motifs (C(OH)–C–C–N with tert-alkyl or cyclic N) is 1. The predicted molar refractivity (Wildman–Crippen MR) is 125 cm³/mol. The molecule has 0 bridgehead atoms. The Bertz CT molecular complexity index is 764. The Labute approximate surface area is 184 Å². The first kappa shape index (κ1) is 22.9. The first-order valence-electron chi connectivity index (χ1n) is 10.7. The Morgan fingerprint density at radius 1 is 1.07 bits per heavy atom. The molecule has 0 amide bonds. The average Bonchev–Trinajstić information content (AvgIpc) is 2.77. The number of thioether (sulfide) groups is 1. The Morgan fingerprint density at radius 3 is 2.53 bits per heavy atom. The van der Waals surface area contributed by atoms with Gasteiger partial charge in [-0.15, -0.1) is 0 Å². The molecule has 0 saturated carbocycles. The van der Waals surface area contributed by atoms with Gasteiger partial charge in [0.25, 0.3) is 0 Å². The molecule has 5 nitrogen and oxygen atoms in total. The highest BCUT2D eigenvalue weighted by Gasteiger charge is 2.16. The van der Waals surface area contributed by atoms with Crippen LogP contribution in [0.2, 0.25) is 0 Å². The van der Waals surface area contributed by atoms with Gasteiger partial charge in [0.1, 0.15) is 12.7 Å². The number of benzene rings is 2. The first-order chi connectivity index (χ1) is 14.6. The lowest BCUT2D eigenvalue weighted by Crippen LogP contribution is -2.40. The standard InChI is InChI=1S/C24H34N2O3S/c1-19-3-5-20(6-4-19)9-10-25-16-21-7-8-23(24(15-21)28-2)29-18-22(27)17-26-11-13-30-14-12-26/h3-8,15,22,25,27H,9-14,16-18H2,1-2H3. The molecule has 6 heteroatoms. The molecule has 30 heavy (non-hydrogen) atoms. The fraction of sp³-hybridized carbons (Fsp3) is 0.500. The third-order valence-electron chi connectivity index (χ3n) is 5.27. The van der Waals surface area contributed by atoms with Crippen molar-refractivity contribution in [1.29, 1.82) is 0 Å². The van der Waals surface area contributed by atoms with Crippen LogP contribution in [0.15, 0.2) is 42.5 Å². The van der Waals surface area contributed by atoms with Crippen molar-refractivity contribution in [3.63, 3.8) is 0 Å². The topological polar surface area (TPSA) is 54.0 Å². The van der Waals surface area contributed by atoms with E-state index < -0.39 is 6.10 Å². The third kappa shape index (κ3) is 7.51. The minimum atomic E-state index is -0.499. The molecule has 3 rings (SSSR count). The summed E-state index contributed by atoms with van der Waals surface area (Å²) < 4.78 is 11.4. The van der Waals surface area contributed by atoms with E-state index in [-0.39, 0.29) is 6.61 Å². The van der Waals surface area contributed by atoms with E-state index >= 15 is 0 Å². The molecule has 164 valence electrons. The fourth-order valence-corrected chi connectivity index (χ4v) is 4.46. The summed E-state index contributed by atoms with van der Waals surface area (Å²) in [6.07, 6.45) is 0.507. The Hall–Kier alpha value is -1.73. The monoisotopic (exact) mass is 430 g/mol. The number of hydrogen-bond acceptors (Lipinski definition) is 6. The van der Waals surface area contributed by atoms with Gasteiger partial charge in [-0.1, -0.05) is 35.9 Å². The van der Waals surface area contributed by atoms with Crippen LogP contribution in [0.25, 0.3) is 0 Å². The maximum absolute atomic E-state index is 10.3. The number of hydrogen-bond donors (Lipinski definition) is 2. The highest BCUT2D eigenvalue weighted by molar-refractivity contribution is 7.99. The normalized spacial score (nSPS) is 15.7. The van der Waals surface area contributed by atoms with E-state index in [9.17, 15) is 5.11 Å². The number of nitrogens with one attached hydrogen (secondary N) is 1. The summed E-state index contributed by atoms with van der Waals surface area (Å²) in [6.45, 7) is 6.81. The van der Waals surface area contributed by atoms with Crippen molar-refractivity contribution in [3.8, 4) is 11.5 Å². The molecule has 0 radical (unpaired) electrons. The van der Waals surface area contributed by atoms with Crippen molar-refractivity contribution >= 4 is 11.8 Å². The molecule has 0 spiro atoms. The van der Waals surface area contributed by atoms with Crippen molar-refractivity contribution in [3.05, 3.63) is 59.2 Å². The van der Waals surface area contributed by atoms with Crippen molar-refractivity contribution < 1.29 is 14.6 Å². The molecule has 1 fully saturated rings. The zero-order valence-corrected chi connectivity index (χ0v) is 18.9. The van der Waals surface area contributed by atoms with E-state index in [0.29, 0.717) is 18.0 Å². The SMILES string of the molecule is COc1cc(CNCCc2ccc(C)cc2)ccc1OCC(O)CN1CCSCC1. The molecule has 1 heterocycles. The Morgan fingerprint density at radius 2 is 1.80 bits per heavy atom. The third-order valence-corrected chi connectivity index (χ3v) is 6.21. The second-order valence-corrected chi connectivity index (χ2v) is 9.00. The molecule has 2 aromatic carbocycles. The van der Waals surface area contributed by atoms with E-state index in [1.165, 1.54) is 11.1 Å². The Balaban J connectivity index is 1.42. The summed E-state index contributed by atoms with van der Waals surface area (Å²) >= 11 is 1.97. The Kier molecular flexibility index (Phi) is 9.33. The molecular formula is C24H34N2O3S. The number of aliphatic hydroxyl groups is 1. The van der Waals surface area contributed by atoms with Gasteiger partial charge in [-0.3, -0.25) is 4.90 Å². The van der Waals surface area contributed by atoms with Crippen LogP contribution in [-0.4, -0.2) is 67.5 Å². The summed E-state index contributed by atoms with van der Waals surface area (Å²) in [5.74, 6) is 3.66. The quantitative estimate of drug-likeness (QED) is 0.534. The smallest absolute Gasteiger partial charge is 0.161 e. The van der Waals surface area contributed by atoms with Crippen LogP contribution in [0.1, 0.15) is 16.7 Å². The lowest BCUT2D eigenvalue weighted by Gasteiger charge is -2.28. The van der Waals surface area contributed by atoms with Gasteiger partial charge < -0.3 is 19.9 Å². The minimum Gasteiger partial charge on any atom is -0.493 e. The number of ether oxygens (including phenoxy) is 2. The van der Waals surface area contributed by atoms with Crippen LogP contribution < -0.4 is 14.8 Å². The lowest BCUT2D eigenvalue weighted by molar-refractivity contribution is 0.0705. The fourth-order valence-electron chi connectivity index (χ4n) is 3.48. The highest BCUT2D eigenvalue weighted by Crippen LogP contribution is 2.28. The summed E-state index contributed by atoms with van der Waals surface area (Å²) in [4.78, 5) is 2.30. The van der Waals surface area contributed by atoms with E-state index in [1.807, 2.05) is 30.0 Å². The largest absolute Gasteiger partial charge is 0.493 e. The maximum Gasteiger partial charge on any atom is 0.161 e. The maximum atomic E-state index is 10.3. The van der Waals surface area contributed by atoms with Gasteiger partial charge in [-0.05, 0) is 43.1 Å². The summed E-state index contributed by atoms with van der Waals surface area (Å²) in [5, 5.41) is 13.8. The van der Waals surface area contributed by atoms with Gasteiger partial charge in [0.05, 0.1) is 7.11 Å². The van der Waals surface area contributed by atoms with Crippen molar-refractivity contribution in [2.24, 2.45) is 0 Å². The lowest BCUT2D eigenvalue weighted by atomic mass is 10.1. The zero-order valence-electron chi connectivity index (χ0n) is 18.1. The molecule has 0 aliphatic carbocycles. The summed E-state index contributed by atoms with van der Waals surface area (Å²) in [5.41, 5.74) is 3.78. The highest BCUT2D eigenvalue weighted by atomic mass is 32.2. The van der Waals surface area contributed by atoms with Gasteiger partial charge >= 0.3 is 0 Å². The molecule has 0 aromatic heterocycles. The number of nitrogens with zero attached hydrogens (tertiary/aromatic N) is 1. The van der Waals surface area contributed by atoms with E-state index in [1.54, 1.807) is 7.11 Å². The van der Waals surface area contributed by atoms with Crippen LogP contribution in [0.3, 0.4) is 0 Å². The van der Waals surface area contributed by atoms with Crippen LogP contribution in [0.4, 0.5) is 0 Å². The summed E-state index contributed by atoms with van der Waals surface area (Å²) in [7, 11) is 1.65. The minimum absolute atomic E-state index is 0.272. The second-order valence-electron chi connectivity index (χ2n) is 7.78. The molecule has 1 atom stereocenters. The van der Waals surface area contributed by atoms with Crippen LogP contribution in [0, 0.1) is 6.92 Å². The zero-order chi connectivity index (χ0) is 21.2. The van der Waals surface area contributed by atoms with Crippen LogP contribution in [-0.2, 0) is 13.0 Å². The number of aliphatic hydroxyl groups excluding tert-OH is 1. The van der Waals surface area contributed by atoms with Gasteiger partial charge in [0.15, 0.2) is 11.5 Å². The van der Waals surface area contributed by atoms with Crippen molar-refractivity contribution in [1.82, 2.24) is 10.2 Å². The van der Waals surface area contributed by atoms with Crippen molar-refractivity contribution in [2.45, 2.75) is 26.0 Å². The molecule has 1 unspecified atom stereocenters. The van der Waals surface area contributed by atoms with Crippen LogP contribution >= 0.6 is 11.8 Å². The van der Waals surface area contributed by atoms with E-state index in [2.05, 4.69) is 41.4 Å². The molecule has 2 N–H and O–H groups in total. The number of aryl methyl sites for hydroxylation is 1. The number of methoxy groups -OCH3 is 1. The van der Waals surface area contributed by atoms with Gasteiger partial charge in [-0.2, -0.15) is 11.8 Å². The molecular weight excluding hydrogens is 396 g/mol. The molecule has 1 saturated heterocycles. The first-order valence-corrected chi connectivity index (χ1v) is 11.8. The van der Waals surface area contributed by atoms with E-state index in [4.69, 9.17) is 9.47 Å². The molecule has 1 aliphatic heterocycles.